The Morgan fingerprint density at radius 1 is 1.19 bits per heavy atom. The molecule has 152 valence electrons. The zero-order valence-electron chi connectivity index (χ0n) is 16.1. The third-order valence-corrected chi connectivity index (χ3v) is 6.52. The summed E-state index contributed by atoms with van der Waals surface area (Å²) in [5.41, 5.74) is 0. The number of hydrogen-bond donors (Lipinski definition) is 2. The van der Waals surface area contributed by atoms with Crippen LogP contribution < -0.4 is 15.0 Å². The van der Waals surface area contributed by atoms with E-state index in [1.54, 1.807) is 12.1 Å². The summed E-state index contributed by atoms with van der Waals surface area (Å²) in [7, 11) is -3.52. The number of nitrogens with zero attached hydrogens (tertiary/aromatic N) is 1. The molecular weight excluding hydrogens is 370 g/mol. The van der Waals surface area contributed by atoms with E-state index in [1.165, 1.54) is 21.3 Å². The number of ether oxygens (including phenoxy) is 2. The van der Waals surface area contributed by atoms with Gasteiger partial charge in [0.05, 0.1) is 44.3 Å². The van der Waals surface area contributed by atoms with Crippen molar-refractivity contribution >= 4 is 15.9 Å². The number of benzene rings is 1. The van der Waals surface area contributed by atoms with Crippen molar-refractivity contribution in [2.75, 3.05) is 59.1 Å². The topological polar surface area (TPSA) is 89.4 Å². The average Bonchev–Trinajstić information content (AvgIpc) is 2.70. The Morgan fingerprint density at radius 3 is 2.41 bits per heavy atom. The van der Waals surface area contributed by atoms with Crippen LogP contribution in [0.3, 0.4) is 0 Å². The van der Waals surface area contributed by atoms with Crippen LogP contribution in [0.1, 0.15) is 13.8 Å². The molecule has 1 amide bonds. The average molecular weight is 401 g/mol. The van der Waals surface area contributed by atoms with Gasteiger partial charge in [-0.3, -0.25) is 4.79 Å². The second-order valence-electron chi connectivity index (χ2n) is 6.33. The predicted molar refractivity (Wildman–Crippen MR) is 101 cm³/mol. The van der Waals surface area contributed by atoms with Crippen LogP contribution in [0, 0.1) is 0 Å². The molecule has 0 aliphatic carbocycles. The molecule has 0 atom stereocenters. The van der Waals surface area contributed by atoms with Gasteiger partial charge in [-0.25, -0.2) is 8.42 Å². The van der Waals surface area contributed by atoms with Gasteiger partial charge in [-0.15, -0.1) is 0 Å². The van der Waals surface area contributed by atoms with E-state index in [0.717, 1.165) is 19.6 Å². The summed E-state index contributed by atoms with van der Waals surface area (Å²) in [4.78, 5) is 13.5. The van der Waals surface area contributed by atoms with Crippen LogP contribution >= 0.6 is 0 Å². The monoisotopic (exact) mass is 400 g/mol. The minimum Gasteiger partial charge on any atom is -0.484 e. The molecule has 1 heterocycles. The lowest BCUT2D eigenvalue weighted by molar-refractivity contribution is -0.895. The molecule has 0 unspecified atom stereocenters. The Hall–Kier alpha value is -1.68. The molecule has 0 saturated carbocycles. The number of carbonyl (C=O) groups excluding carboxylic acids is 1. The van der Waals surface area contributed by atoms with Crippen molar-refractivity contribution in [2.24, 2.45) is 0 Å². The molecule has 0 radical (unpaired) electrons. The minimum absolute atomic E-state index is 0.0941. The van der Waals surface area contributed by atoms with Crippen molar-refractivity contribution in [3.05, 3.63) is 24.3 Å². The Balaban J connectivity index is 1.80. The van der Waals surface area contributed by atoms with Gasteiger partial charge in [0.2, 0.25) is 10.0 Å². The van der Waals surface area contributed by atoms with E-state index < -0.39 is 10.0 Å². The fraction of sp³-hybridized carbons (Fsp3) is 0.611. The van der Waals surface area contributed by atoms with Gasteiger partial charge in [0.15, 0.2) is 6.61 Å². The van der Waals surface area contributed by atoms with E-state index in [0.29, 0.717) is 38.6 Å². The first kappa shape index (κ1) is 21.6. The van der Waals surface area contributed by atoms with Crippen molar-refractivity contribution < 1.29 is 27.6 Å². The third-order valence-electron chi connectivity index (χ3n) is 4.60. The van der Waals surface area contributed by atoms with Gasteiger partial charge in [0.25, 0.3) is 5.91 Å². The van der Waals surface area contributed by atoms with Crippen LogP contribution in [-0.2, 0) is 19.6 Å². The Bertz CT molecular complexity index is 683. The number of quaternary nitrogens is 1. The van der Waals surface area contributed by atoms with Gasteiger partial charge in [-0.1, -0.05) is 0 Å². The van der Waals surface area contributed by atoms with Crippen molar-refractivity contribution in [1.29, 1.82) is 0 Å². The molecule has 8 nitrogen and oxygen atoms in total. The van der Waals surface area contributed by atoms with Crippen molar-refractivity contribution in [3.63, 3.8) is 0 Å². The molecule has 27 heavy (non-hydrogen) atoms. The second kappa shape index (κ2) is 10.6. The summed E-state index contributed by atoms with van der Waals surface area (Å²) < 4.78 is 37.2. The molecule has 1 aromatic rings. The number of sulfonamides is 1. The highest BCUT2D eigenvalue weighted by molar-refractivity contribution is 7.89. The molecule has 9 heteroatoms. The molecule has 2 N–H and O–H groups in total. The number of nitrogens with one attached hydrogen (secondary N) is 2. The lowest BCUT2D eigenvalue weighted by atomic mass is 10.3. The molecule has 1 fully saturated rings. The van der Waals surface area contributed by atoms with Gasteiger partial charge >= 0.3 is 0 Å². The highest BCUT2D eigenvalue weighted by Gasteiger charge is 2.26. The summed E-state index contributed by atoms with van der Waals surface area (Å²) in [5, 5.41) is 2.83. The normalized spacial score (nSPS) is 15.7. The lowest BCUT2D eigenvalue weighted by Crippen LogP contribution is -3.12. The summed E-state index contributed by atoms with van der Waals surface area (Å²) in [6.45, 7) is 9.22. The molecule has 1 aromatic carbocycles. The molecule has 2 rings (SSSR count). The van der Waals surface area contributed by atoms with E-state index in [2.05, 4.69) is 19.2 Å². The van der Waals surface area contributed by atoms with Gasteiger partial charge < -0.3 is 19.7 Å². The number of carbonyl (C=O) groups is 1. The fourth-order valence-electron chi connectivity index (χ4n) is 2.83. The van der Waals surface area contributed by atoms with E-state index in [4.69, 9.17) is 9.47 Å². The highest BCUT2D eigenvalue weighted by Crippen LogP contribution is 2.20. The number of hydrogen-bond acceptors (Lipinski definition) is 5. The Labute approximate surface area is 161 Å². The summed E-state index contributed by atoms with van der Waals surface area (Å²) in [6.07, 6.45) is 0. The Morgan fingerprint density at radius 2 is 1.81 bits per heavy atom. The smallest absolute Gasteiger partial charge is 0.258 e. The maximum absolute atomic E-state index is 12.6. The molecule has 0 bridgehead atoms. The van der Waals surface area contributed by atoms with Gasteiger partial charge in [-0.2, -0.15) is 4.31 Å². The largest absolute Gasteiger partial charge is 0.484 e. The van der Waals surface area contributed by atoms with Crippen LogP contribution in [0.2, 0.25) is 0 Å². The molecular formula is C18H30N3O5S+. The minimum atomic E-state index is -3.52. The fourth-order valence-corrected chi connectivity index (χ4v) is 4.23. The number of rotatable bonds is 10. The van der Waals surface area contributed by atoms with Crippen molar-refractivity contribution in [2.45, 2.75) is 18.7 Å². The van der Waals surface area contributed by atoms with E-state index in [-0.39, 0.29) is 17.4 Å². The van der Waals surface area contributed by atoms with Crippen LogP contribution in [0.15, 0.2) is 29.2 Å². The standard InChI is InChI=1S/C18H29N3O5S/c1-3-20(4-2)10-9-19-18(22)15-26-16-5-7-17(8-6-16)27(23,24)21-11-13-25-14-12-21/h5-8H,3-4,9-15H2,1-2H3,(H,19,22)/p+1. The zero-order chi connectivity index (χ0) is 19.7. The molecule has 1 aliphatic rings. The summed E-state index contributed by atoms with van der Waals surface area (Å²) in [5.74, 6) is 0.270. The summed E-state index contributed by atoms with van der Waals surface area (Å²) >= 11 is 0. The van der Waals surface area contributed by atoms with Crippen LogP contribution in [-0.4, -0.2) is 77.7 Å². The van der Waals surface area contributed by atoms with Crippen molar-refractivity contribution in [1.82, 2.24) is 9.62 Å². The number of amides is 1. The maximum atomic E-state index is 12.6. The van der Waals surface area contributed by atoms with E-state index in [1.807, 2.05) is 0 Å². The van der Waals surface area contributed by atoms with Crippen LogP contribution in [0.4, 0.5) is 0 Å². The summed E-state index contributed by atoms with van der Waals surface area (Å²) in [6, 6.07) is 6.14. The first-order chi connectivity index (χ1) is 13.0. The van der Waals surface area contributed by atoms with Crippen LogP contribution in [0.5, 0.6) is 5.75 Å². The van der Waals surface area contributed by atoms with Crippen molar-refractivity contribution in [3.8, 4) is 5.75 Å². The Kier molecular flexibility index (Phi) is 8.49. The van der Waals surface area contributed by atoms with E-state index in [9.17, 15) is 13.2 Å². The first-order valence-corrected chi connectivity index (χ1v) is 10.8. The van der Waals surface area contributed by atoms with Gasteiger partial charge in [0.1, 0.15) is 5.75 Å². The second-order valence-corrected chi connectivity index (χ2v) is 8.27. The molecule has 0 aromatic heterocycles. The predicted octanol–water partition coefficient (Wildman–Crippen LogP) is -0.873. The lowest BCUT2D eigenvalue weighted by Gasteiger charge is -2.26. The van der Waals surface area contributed by atoms with Gasteiger partial charge in [0, 0.05) is 13.1 Å². The molecule has 1 aliphatic heterocycles. The van der Waals surface area contributed by atoms with Crippen LogP contribution in [0.25, 0.3) is 0 Å². The number of morpholine rings is 1. The maximum Gasteiger partial charge on any atom is 0.258 e. The quantitative estimate of drug-likeness (QED) is 0.533. The molecule has 1 saturated heterocycles. The zero-order valence-corrected chi connectivity index (χ0v) is 16.9. The highest BCUT2D eigenvalue weighted by atomic mass is 32.2. The van der Waals surface area contributed by atoms with Gasteiger partial charge in [-0.05, 0) is 38.1 Å². The molecule has 0 spiro atoms. The number of likely N-dealkylation sites (N-methyl/N-ethyl adjacent to an activating group) is 1. The third kappa shape index (κ3) is 6.46. The van der Waals surface area contributed by atoms with E-state index >= 15 is 0 Å². The SMILES string of the molecule is CC[NH+](CC)CCNC(=O)COc1ccc(S(=O)(=O)N2CCOCC2)cc1. The first-order valence-electron chi connectivity index (χ1n) is 9.38.